The largest absolute Gasteiger partial charge is 0.277 e. The van der Waals surface area contributed by atoms with Crippen LogP contribution >= 0.6 is 11.6 Å². The number of hydrogen-bond donors (Lipinski definition) is 0. The van der Waals surface area contributed by atoms with Gasteiger partial charge in [0.15, 0.2) is 0 Å². The molecule has 5 heteroatoms. The topological polar surface area (TPSA) is 58.9 Å². The summed E-state index contributed by atoms with van der Waals surface area (Å²) in [5, 5.41) is 0.259. The van der Waals surface area contributed by atoms with E-state index in [0.717, 1.165) is 11.1 Å². The summed E-state index contributed by atoms with van der Waals surface area (Å²) in [5.41, 5.74) is 3.71. The third-order valence-electron chi connectivity index (χ3n) is 3.91. The van der Waals surface area contributed by atoms with Gasteiger partial charge in [-0.15, -0.1) is 0 Å². The van der Waals surface area contributed by atoms with Crippen molar-refractivity contribution < 1.29 is 9.59 Å². The van der Waals surface area contributed by atoms with Crippen LogP contribution in [-0.4, -0.2) is 23.2 Å². The zero-order valence-electron chi connectivity index (χ0n) is 14.9. The van der Waals surface area contributed by atoms with Gasteiger partial charge in [-0.1, -0.05) is 47.0 Å². The highest BCUT2D eigenvalue weighted by Crippen LogP contribution is 2.15. The van der Waals surface area contributed by atoms with Gasteiger partial charge < -0.3 is 0 Å². The van der Waals surface area contributed by atoms with Gasteiger partial charge in [0, 0.05) is 11.1 Å². The fraction of sp³-hybridized carbons (Fsp3) is 0.0909. The van der Waals surface area contributed by atoms with Gasteiger partial charge >= 0.3 is 0 Å². The molecule has 0 aromatic heterocycles. The number of aliphatic imine (C=N–C) groups is 2. The second-order valence-corrected chi connectivity index (χ2v) is 6.62. The minimum Gasteiger partial charge on any atom is -0.267 e. The number of halogens is 1. The van der Waals surface area contributed by atoms with Crippen molar-refractivity contribution in [1.82, 2.24) is 0 Å². The number of nitrogens with zero attached hydrogens (tertiary/aromatic N) is 2. The van der Waals surface area contributed by atoms with Crippen molar-refractivity contribution in [2.45, 2.75) is 13.8 Å². The number of aryl methyl sites for hydroxylation is 2. The van der Waals surface area contributed by atoms with Crippen LogP contribution in [0.25, 0.3) is 0 Å². The van der Waals surface area contributed by atoms with Crippen molar-refractivity contribution in [3.8, 4) is 0 Å². The molecule has 0 aliphatic heterocycles. The second-order valence-electron chi connectivity index (χ2n) is 6.21. The molecule has 2 aromatic rings. The molecule has 0 saturated heterocycles. The second kappa shape index (κ2) is 8.06. The lowest BCUT2D eigenvalue weighted by molar-refractivity contribution is 0.0994. The number of carbonyl (C=O) groups excluding carboxylic acids is 2. The number of allylic oxidation sites excluding steroid dienone is 4. The lowest BCUT2D eigenvalue weighted by Crippen LogP contribution is -2.09. The van der Waals surface area contributed by atoms with Gasteiger partial charge in [0.05, 0.1) is 16.5 Å². The van der Waals surface area contributed by atoms with E-state index in [1.165, 1.54) is 6.08 Å². The highest BCUT2D eigenvalue weighted by atomic mass is 35.5. The molecular formula is C22H17ClN2O2. The molecule has 0 fully saturated rings. The summed E-state index contributed by atoms with van der Waals surface area (Å²) in [7, 11) is 0. The first-order valence-electron chi connectivity index (χ1n) is 8.37. The predicted molar refractivity (Wildman–Crippen MR) is 109 cm³/mol. The number of carbonyl (C=O) groups is 2. The summed E-state index contributed by atoms with van der Waals surface area (Å²) in [4.78, 5) is 32.7. The molecule has 27 heavy (non-hydrogen) atoms. The number of amides is 2. The summed E-state index contributed by atoms with van der Waals surface area (Å²) >= 11 is 6.23. The predicted octanol–water partition coefficient (Wildman–Crippen LogP) is 4.86. The van der Waals surface area contributed by atoms with E-state index in [2.05, 4.69) is 9.98 Å². The highest BCUT2D eigenvalue weighted by Gasteiger charge is 2.13. The molecule has 0 N–H and O–H groups in total. The van der Waals surface area contributed by atoms with Crippen LogP contribution in [0.5, 0.6) is 0 Å². The van der Waals surface area contributed by atoms with Crippen LogP contribution < -0.4 is 0 Å². The van der Waals surface area contributed by atoms with E-state index in [1.807, 2.05) is 32.0 Å². The summed E-state index contributed by atoms with van der Waals surface area (Å²) < 4.78 is 0. The third-order valence-corrected chi connectivity index (χ3v) is 4.22. The highest BCUT2D eigenvalue weighted by molar-refractivity contribution is 6.49. The van der Waals surface area contributed by atoms with Gasteiger partial charge in [0.1, 0.15) is 0 Å². The van der Waals surface area contributed by atoms with Gasteiger partial charge in [-0.25, -0.2) is 9.98 Å². The number of hydrogen-bond acceptors (Lipinski definition) is 2. The molecule has 0 spiro atoms. The normalized spacial score (nSPS) is 16.5. The van der Waals surface area contributed by atoms with Crippen LogP contribution in [0.1, 0.15) is 31.8 Å². The van der Waals surface area contributed by atoms with Gasteiger partial charge in [0.2, 0.25) is 0 Å². The van der Waals surface area contributed by atoms with Crippen molar-refractivity contribution in [2.24, 2.45) is 9.98 Å². The first-order chi connectivity index (χ1) is 12.9. The summed E-state index contributed by atoms with van der Waals surface area (Å²) in [6.45, 7) is 3.82. The van der Waals surface area contributed by atoms with E-state index in [4.69, 9.17) is 11.6 Å². The maximum absolute atomic E-state index is 12.3. The van der Waals surface area contributed by atoms with E-state index < -0.39 is 0 Å². The maximum atomic E-state index is 12.3. The summed E-state index contributed by atoms with van der Waals surface area (Å²) in [6.07, 6.45) is 4.72. The molecule has 4 nitrogen and oxygen atoms in total. The Labute approximate surface area is 162 Å². The smallest absolute Gasteiger partial charge is 0.267 e. The number of rotatable bonds is 2. The zero-order valence-corrected chi connectivity index (χ0v) is 15.7. The Kier molecular flexibility index (Phi) is 5.57. The monoisotopic (exact) mass is 376 g/mol. The van der Waals surface area contributed by atoms with Crippen molar-refractivity contribution in [2.75, 3.05) is 0 Å². The molecule has 2 amide bonds. The zero-order chi connectivity index (χ0) is 19.4. The first-order valence-corrected chi connectivity index (χ1v) is 8.75. The Bertz CT molecular complexity index is 1050. The Hall–Kier alpha value is -3.11. The van der Waals surface area contributed by atoms with Crippen LogP contribution in [0.4, 0.5) is 0 Å². The minimum absolute atomic E-state index is 0.259. The average Bonchev–Trinajstić information content (AvgIpc) is 2.64. The Morgan fingerprint density at radius 1 is 0.815 bits per heavy atom. The fourth-order valence-electron chi connectivity index (χ4n) is 2.57. The summed E-state index contributed by atoms with van der Waals surface area (Å²) in [6, 6.07) is 14.4. The van der Waals surface area contributed by atoms with E-state index >= 15 is 0 Å². The molecule has 1 aliphatic carbocycles. The van der Waals surface area contributed by atoms with Crippen LogP contribution in [0.15, 0.2) is 81.8 Å². The molecule has 0 heterocycles. The van der Waals surface area contributed by atoms with Crippen LogP contribution in [0.2, 0.25) is 0 Å². The lowest BCUT2D eigenvalue weighted by atomic mass is 10.1. The average molecular weight is 377 g/mol. The number of benzene rings is 2. The molecule has 3 rings (SSSR count). The molecule has 0 saturated carbocycles. The van der Waals surface area contributed by atoms with E-state index in [9.17, 15) is 9.59 Å². The summed E-state index contributed by atoms with van der Waals surface area (Å²) in [5.74, 6) is -0.726. The maximum Gasteiger partial charge on any atom is 0.277 e. The standard InChI is InChI=1S/C22H17ClN2O2/c1-14-5-3-7-16(11-14)21(26)24-18-9-10-20(19(23)13-18)25-22(27)17-8-4-6-15(2)12-17/h3-13H,1-2H3. The van der Waals surface area contributed by atoms with E-state index in [1.54, 1.807) is 42.5 Å². The fourth-order valence-corrected chi connectivity index (χ4v) is 2.79. The lowest BCUT2D eigenvalue weighted by Gasteiger charge is -2.07. The quantitative estimate of drug-likeness (QED) is 0.703. The van der Waals surface area contributed by atoms with Crippen molar-refractivity contribution in [1.29, 1.82) is 0 Å². The molecule has 0 radical (unpaired) electrons. The molecule has 0 unspecified atom stereocenters. The third kappa shape index (κ3) is 4.74. The van der Waals surface area contributed by atoms with Gasteiger partial charge in [0.25, 0.3) is 11.8 Å². The first kappa shape index (κ1) is 18.7. The van der Waals surface area contributed by atoms with Crippen molar-refractivity contribution in [3.63, 3.8) is 0 Å². The minimum atomic E-state index is -0.374. The van der Waals surface area contributed by atoms with Gasteiger partial charge in [-0.2, -0.15) is 0 Å². The SMILES string of the molecule is Cc1cccc(C(=O)N=C2C=CC(=NC(=O)c3cccc(C)c3)C(Cl)=C2)c1. The molecular weight excluding hydrogens is 360 g/mol. The molecule has 0 atom stereocenters. The van der Waals surface area contributed by atoms with Gasteiger partial charge in [-0.05, 0) is 56.3 Å². The van der Waals surface area contributed by atoms with Crippen molar-refractivity contribution >= 4 is 34.8 Å². The van der Waals surface area contributed by atoms with E-state index in [-0.39, 0.29) is 16.8 Å². The van der Waals surface area contributed by atoms with Crippen molar-refractivity contribution in [3.05, 3.63) is 94.0 Å². The van der Waals surface area contributed by atoms with Crippen LogP contribution in [-0.2, 0) is 0 Å². The molecule has 134 valence electrons. The molecule has 1 aliphatic rings. The van der Waals surface area contributed by atoms with Gasteiger partial charge in [-0.3, -0.25) is 9.59 Å². The van der Waals surface area contributed by atoms with Crippen LogP contribution in [0, 0.1) is 13.8 Å². The van der Waals surface area contributed by atoms with Crippen LogP contribution in [0.3, 0.4) is 0 Å². The molecule has 0 bridgehead atoms. The molecule has 2 aromatic carbocycles. The van der Waals surface area contributed by atoms with E-state index in [0.29, 0.717) is 22.6 Å². The Morgan fingerprint density at radius 2 is 1.37 bits per heavy atom. The Morgan fingerprint density at radius 3 is 1.89 bits per heavy atom. The Balaban J connectivity index is 1.80.